The summed E-state index contributed by atoms with van der Waals surface area (Å²) in [6, 6.07) is 21.1. The van der Waals surface area contributed by atoms with Crippen LogP contribution in [0.15, 0.2) is 77.7 Å². The molecule has 0 saturated carbocycles. The highest BCUT2D eigenvalue weighted by Crippen LogP contribution is 2.31. The number of ether oxygens (including phenoxy) is 1. The number of benzene rings is 2. The Kier molecular flexibility index (Phi) is 5.52. The van der Waals surface area contributed by atoms with Crippen LogP contribution in [0.4, 0.5) is 5.82 Å². The Morgan fingerprint density at radius 2 is 1.63 bits per heavy atom. The van der Waals surface area contributed by atoms with Gasteiger partial charge >= 0.3 is 0 Å². The fourth-order valence-corrected chi connectivity index (χ4v) is 3.12. The minimum absolute atomic E-state index is 0.177. The van der Waals surface area contributed by atoms with Gasteiger partial charge in [-0.15, -0.1) is 0 Å². The van der Waals surface area contributed by atoms with Crippen LogP contribution in [0.3, 0.4) is 0 Å². The topological polar surface area (TPSA) is 95.9 Å². The molecule has 0 spiro atoms. The summed E-state index contributed by atoms with van der Waals surface area (Å²) in [5.41, 5.74) is 9.15. The zero-order chi connectivity index (χ0) is 20.9. The number of anilines is 1. The maximum absolute atomic E-state index is 12.7. The van der Waals surface area contributed by atoms with Gasteiger partial charge in [-0.1, -0.05) is 60.7 Å². The fraction of sp³-hybridized carbons (Fsp3) is 0.130. The highest BCUT2D eigenvalue weighted by atomic mass is 16.5. The molecule has 4 rings (SSSR count). The van der Waals surface area contributed by atoms with Crippen LogP contribution in [0.25, 0.3) is 22.5 Å². The van der Waals surface area contributed by atoms with Crippen molar-refractivity contribution in [2.45, 2.75) is 6.42 Å². The monoisotopic (exact) mass is 399 g/mol. The summed E-state index contributed by atoms with van der Waals surface area (Å²) in [5, 5.41) is 3.99. The largest absolute Gasteiger partial charge is 0.475 e. The van der Waals surface area contributed by atoms with E-state index in [4.69, 9.17) is 10.5 Å². The molecule has 0 aliphatic rings. The van der Waals surface area contributed by atoms with Crippen molar-refractivity contribution in [3.8, 4) is 28.4 Å². The third-order valence-corrected chi connectivity index (χ3v) is 4.67. The molecule has 2 heterocycles. The third kappa shape index (κ3) is 4.05. The lowest BCUT2D eigenvalue weighted by Crippen LogP contribution is -2.21. The van der Waals surface area contributed by atoms with Crippen LogP contribution in [0, 0.1) is 0 Å². The fourth-order valence-electron chi connectivity index (χ4n) is 3.12. The number of aryl methyl sites for hydroxylation is 1. The first-order valence-electron chi connectivity index (χ1n) is 9.56. The maximum Gasteiger partial charge on any atom is 0.276 e. The van der Waals surface area contributed by atoms with Gasteiger partial charge in [0.2, 0.25) is 0 Å². The Balaban J connectivity index is 1.74. The van der Waals surface area contributed by atoms with Gasteiger partial charge in [0.1, 0.15) is 5.69 Å². The smallest absolute Gasteiger partial charge is 0.276 e. The molecule has 7 nitrogen and oxygen atoms in total. The van der Waals surface area contributed by atoms with Gasteiger partial charge in [-0.25, -0.2) is 14.6 Å². The molecule has 150 valence electrons. The van der Waals surface area contributed by atoms with E-state index >= 15 is 0 Å². The summed E-state index contributed by atoms with van der Waals surface area (Å²) in [5.74, 6) is 0.385. The zero-order valence-electron chi connectivity index (χ0n) is 16.5. The van der Waals surface area contributed by atoms with E-state index in [-0.39, 0.29) is 17.3 Å². The molecular weight excluding hydrogens is 378 g/mol. The first kappa shape index (κ1) is 19.3. The predicted octanol–water partition coefficient (Wildman–Crippen LogP) is 3.11. The standard InChI is InChI=1S/C23H21N5O2/c1-28-23(29)18(12-14-25-28)20-19(17-10-6-3-7-11-17)26-21(24)22(27-20)30-15-13-16-8-4-2-5-9-16/h2-12,14H,13,15H2,1H3,(H2,24,26). The minimum atomic E-state index is -0.274. The van der Waals surface area contributed by atoms with Gasteiger partial charge in [-0.2, -0.15) is 5.10 Å². The summed E-state index contributed by atoms with van der Waals surface area (Å²) < 4.78 is 7.10. The van der Waals surface area contributed by atoms with E-state index in [1.54, 1.807) is 19.3 Å². The van der Waals surface area contributed by atoms with Crippen molar-refractivity contribution < 1.29 is 4.74 Å². The first-order valence-corrected chi connectivity index (χ1v) is 9.56. The summed E-state index contributed by atoms with van der Waals surface area (Å²) >= 11 is 0. The summed E-state index contributed by atoms with van der Waals surface area (Å²) in [6.07, 6.45) is 2.26. The maximum atomic E-state index is 12.7. The van der Waals surface area contributed by atoms with Crippen molar-refractivity contribution in [3.05, 3.63) is 88.8 Å². The van der Waals surface area contributed by atoms with Gasteiger partial charge in [-0.05, 0) is 11.6 Å². The lowest BCUT2D eigenvalue weighted by atomic mass is 10.1. The molecule has 0 amide bonds. The molecule has 0 unspecified atom stereocenters. The molecule has 0 atom stereocenters. The Morgan fingerprint density at radius 1 is 0.933 bits per heavy atom. The second kappa shape index (κ2) is 8.57. The Morgan fingerprint density at radius 3 is 2.37 bits per heavy atom. The number of rotatable bonds is 6. The second-order valence-electron chi connectivity index (χ2n) is 6.73. The van der Waals surface area contributed by atoms with Gasteiger partial charge < -0.3 is 10.5 Å². The highest BCUT2D eigenvalue weighted by Gasteiger charge is 2.19. The normalized spacial score (nSPS) is 10.7. The minimum Gasteiger partial charge on any atom is -0.475 e. The SMILES string of the molecule is Cn1nccc(-c2nc(OCCc3ccccc3)c(N)nc2-c2ccccc2)c1=O. The molecule has 2 aromatic carbocycles. The van der Waals surface area contributed by atoms with Crippen LogP contribution in [0.2, 0.25) is 0 Å². The molecule has 0 aliphatic carbocycles. The number of nitrogens with zero attached hydrogens (tertiary/aromatic N) is 4. The number of aromatic nitrogens is 4. The quantitative estimate of drug-likeness (QED) is 0.535. The van der Waals surface area contributed by atoms with Crippen LogP contribution in [0.5, 0.6) is 5.88 Å². The Hall–Kier alpha value is -4.00. The summed E-state index contributed by atoms with van der Waals surface area (Å²) in [4.78, 5) is 21.8. The zero-order valence-corrected chi connectivity index (χ0v) is 16.5. The van der Waals surface area contributed by atoms with E-state index in [0.29, 0.717) is 30.0 Å². The lowest BCUT2D eigenvalue weighted by molar-refractivity contribution is 0.310. The van der Waals surface area contributed by atoms with Crippen molar-refractivity contribution in [2.24, 2.45) is 7.05 Å². The van der Waals surface area contributed by atoms with E-state index in [1.165, 1.54) is 4.68 Å². The molecule has 0 saturated heterocycles. The van der Waals surface area contributed by atoms with Crippen molar-refractivity contribution in [3.63, 3.8) is 0 Å². The van der Waals surface area contributed by atoms with E-state index < -0.39 is 0 Å². The second-order valence-corrected chi connectivity index (χ2v) is 6.73. The van der Waals surface area contributed by atoms with Crippen molar-refractivity contribution in [2.75, 3.05) is 12.3 Å². The van der Waals surface area contributed by atoms with Gasteiger partial charge in [0.15, 0.2) is 5.82 Å². The Labute approximate surface area is 173 Å². The summed E-state index contributed by atoms with van der Waals surface area (Å²) in [6.45, 7) is 0.390. The molecular formula is C23H21N5O2. The molecule has 0 fully saturated rings. The van der Waals surface area contributed by atoms with E-state index in [2.05, 4.69) is 15.1 Å². The average Bonchev–Trinajstić information content (AvgIpc) is 2.78. The van der Waals surface area contributed by atoms with Gasteiger partial charge in [-0.3, -0.25) is 4.79 Å². The van der Waals surface area contributed by atoms with Crippen LogP contribution < -0.4 is 16.0 Å². The molecule has 30 heavy (non-hydrogen) atoms. The van der Waals surface area contributed by atoms with Crippen molar-refractivity contribution in [1.29, 1.82) is 0 Å². The third-order valence-electron chi connectivity index (χ3n) is 4.67. The van der Waals surface area contributed by atoms with Crippen molar-refractivity contribution in [1.82, 2.24) is 19.7 Å². The van der Waals surface area contributed by atoms with Crippen LogP contribution in [-0.4, -0.2) is 26.4 Å². The molecule has 2 N–H and O–H groups in total. The molecule has 0 radical (unpaired) electrons. The lowest BCUT2D eigenvalue weighted by Gasteiger charge is -2.13. The average molecular weight is 399 g/mol. The van der Waals surface area contributed by atoms with Crippen molar-refractivity contribution >= 4 is 5.82 Å². The van der Waals surface area contributed by atoms with Gasteiger partial charge in [0.05, 0.1) is 17.9 Å². The summed E-state index contributed by atoms with van der Waals surface area (Å²) in [7, 11) is 1.59. The number of nitrogens with two attached hydrogens (primary N) is 1. The highest BCUT2D eigenvalue weighted by molar-refractivity contribution is 5.79. The van der Waals surface area contributed by atoms with Crippen LogP contribution in [0.1, 0.15) is 5.56 Å². The number of nitrogen functional groups attached to an aromatic ring is 1. The van der Waals surface area contributed by atoms with Gasteiger partial charge in [0, 0.05) is 25.2 Å². The van der Waals surface area contributed by atoms with Crippen LogP contribution >= 0.6 is 0 Å². The molecule has 2 aromatic heterocycles. The number of hydrogen-bond acceptors (Lipinski definition) is 6. The van der Waals surface area contributed by atoms with E-state index in [9.17, 15) is 4.79 Å². The van der Waals surface area contributed by atoms with Crippen LogP contribution in [-0.2, 0) is 13.5 Å². The first-order chi connectivity index (χ1) is 14.6. The Bertz CT molecular complexity index is 1210. The van der Waals surface area contributed by atoms with Gasteiger partial charge in [0.25, 0.3) is 11.4 Å². The number of hydrogen-bond donors (Lipinski definition) is 1. The predicted molar refractivity (Wildman–Crippen MR) is 116 cm³/mol. The molecule has 0 bridgehead atoms. The molecule has 4 aromatic rings. The van der Waals surface area contributed by atoms with E-state index in [1.807, 2.05) is 60.7 Å². The molecule has 0 aliphatic heterocycles. The van der Waals surface area contributed by atoms with E-state index in [0.717, 1.165) is 11.1 Å². The molecule has 7 heteroatoms.